The summed E-state index contributed by atoms with van der Waals surface area (Å²) in [4.78, 5) is 46.4. The fourth-order valence-electron chi connectivity index (χ4n) is 3.06. The fourth-order valence-corrected chi connectivity index (χ4v) is 3.06. The Morgan fingerprint density at radius 3 is 2.88 bits per heavy atom. The van der Waals surface area contributed by atoms with Gasteiger partial charge >= 0.3 is 5.69 Å². The number of amides is 2. The van der Waals surface area contributed by atoms with Gasteiger partial charge in [0, 0.05) is 25.3 Å². The van der Waals surface area contributed by atoms with Crippen LogP contribution in [0.2, 0.25) is 0 Å². The van der Waals surface area contributed by atoms with Crippen molar-refractivity contribution in [3.63, 3.8) is 0 Å². The Balaban J connectivity index is 1.92. The third-order valence-corrected chi connectivity index (χ3v) is 4.10. The number of hydrogen-bond acceptors (Lipinski definition) is 5. The molecule has 0 bridgehead atoms. The SMILES string of the molecule is CC#CC(=O)N[C@H]1CCCN(c2ncc(C(N)=O)c3[nH]c(=O)[nH]c23)C1. The van der Waals surface area contributed by atoms with Crippen LogP contribution in [0.15, 0.2) is 11.0 Å². The van der Waals surface area contributed by atoms with E-state index in [0.717, 1.165) is 19.4 Å². The number of nitrogens with one attached hydrogen (secondary N) is 3. The summed E-state index contributed by atoms with van der Waals surface area (Å²) in [6.45, 7) is 2.86. The molecule has 2 amide bonds. The lowest BCUT2D eigenvalue weighted by molar-refractivity contribution is -0.116. The highest BCUT2D eigenvalue weighted by Crippen LogP contribution is 2.25. The van der Waals surface area contributed by atoms with Gasteiger partial charge in [-0.25, -0.2) is 9.78 Å². The second kappa shape index (κ2) is 6.68. The number of carbonyl (C=O) groups is 2. The summed E-state index contributed by atoms with van der Waals surface area (Å²) in [6.07, 6.45) is 3.04. The molecule has 0 radical (unpaired) electrons. The van der Waals surface area contributed by atoms with E-state index in [1.165, 1.54) is 6.20 Å². The molecule has 25 heavy (non-hydrogen) atoms. The van der Waals surface area contributed by atoms with Gasteiger partial charge in [0.25, 0.3) is 11.8 Å². The van der Waals surface area contributed by atoms with Crippen LogP contribution in [0.5, 0.6) is 0 Å². The van der Waals surface area contributed by atoms with Crippen molar-refractivity contribution < 1.29 is 9.59 Å². The van der Waals surface area contributed by atoms with E-state index in [4.69, 9.17) is 5.73 Å². The molecule has 3 rings (SSSR count). The molecule has 1 aliphatic heterocycles. The van der Waals surface area contributed by atoms with Crippen LogP contribution in [0.4, 0.5) is 5.82 Å². The minimum Gasteiger partial charge on any atom is -0.365 e. The predicted octanol–water partition coefficient (Wildman–Crippen LogP) is -0.542. The first kappa shape index (κ1) is 16.6. The molecule has 2 aromatic heterocycles. The van der Waals surface area contributed by atoms with Gasteiger partial charge in [0.05, 0.1) is 11.1 Å². The van der Waals surface area contributed by atoms with E-state index >= 15 is 0 Å². The van der Waals surface area contributed by atoms with Crippen LogP contribution in [0, 0.1) is 11.8 Å². The Morgan fingerprint density at radius 2 is 2.16 bits per heavy atom. The van der Waals surface area contributed by atoms with Crippen molar-refractivity contribution in [1.29, 1.82) is 0 Å². The number of hydrogen-bond donors (Lipinski definition) is 4. The first-order chi connectivity index (χ1) is 12.0. The summed E-state index contributed by atoms with van der Waals surface area (Å²) in [5, 5.41) is 2.87. The molecule has 0 aromatic carbocycles. The third kappa shape index (κ3) is 3.33. The largest absolute Gasteiger partial charge is 0.365 e. The minimum atomic E-state index is -0.666. The predicted molar refractivity (Wildman–Crippen MR) is 92.1 cm³/mol. The number of carbonyl (C=O) groups excluding carboxylic acids is 2. The number of H-pyrrole nitrogens is 2. The number of nitrogens with two attached hydrogens (primary N) is 1. The Hall–Kier alpha value is -3.28. The molecule has 9 nitrogen and oxygen atoms in total. The zero-order valence-corrected chi connectivity index (χ0v) is 13.7. The van der Waals surface area contributed by atoms with Crippen molar-refractivity contribution >= 4 is 28.7 Å². The summed E-state index contributed by atoms with van der Waals surface area (Å²) in [7, 11) is 0. The van der Waals surface area contributed by atoms with E-state index in [2.05, 4.69) is 32.1 Å². The number of anilines is 1. The molecule has 1 aliphatic rings. The van der Waals surface area contributed by atoms with Gasteiger partial charge in [0.2, 0.25) is 0 Å². The highest BCUT2D eigenvalue weighted by atomic mass is 16.2. The lowest BCUT2D eigenvalue weighted by Crippen LogP contribution is -2.47. The highest BCUT2D eigenvalue weighted by Gasteiger charge is 2.25. The minimum absolute atomic E-state index is 0.0690. The summed E-state index contributed by atoms with van der Waals surface area (Å²) >= 11 is 0. The standard InChI is InChI=1S/C16H18N6O3/c1-2-4-11(23)19-9-5-3-6-22(8-9)15-13-12(20-16(25)21-13)10(7-18-15)14(17)24/h7,9H,3,5-6,8H2,1H3,(H2,17,24)(H,19,23)(H2,20,21,25)/t9-/m0/s1. The van der Waals surface area contributed by atoms with Gasteiger partial charge < -0.3 is 25.9 Å². The molecular weight excluding hydrogens is 324 g/mol. The molecule has 5 N–H and O–H groups in total. The number of rotatable bonds is 3. The molecule has 0 aliphatic carbocycles. The molecule has 0 saturated carbocycles. The average molecular weight is 342 g/mol. The quantitative estimate of drug-likeness (QED) is 0.555. The van der Waals surface area contributed by atoms with Crippen molar-refractivity contribution in [2.75, 3.05) is 18.0 Å². The maximum atomic E-state index is 11.7. The summed E-state index contributed by atoms with van der Waals surface area (Å²) < 4.78 is 0. The Labute approximate surface area is 143 Å². The average Bonchev–Trinajstić information content (AvgIpc) is 2.95. The van der Waals surface area contributed by atoms with Crippen molar-refractivity contribution in [2.24, 2.45) is 5.73 Å². The zero-order valence-electron chi connectivity index (χ0n) is 13.7. The fraction of sp³-hybridized carbons (Fsp3) is 0.375. The molecule has 2 aromatic rings. The number of aromatic nitrogens is 3. The van der Waals surface area contributed by atoms with E-state index < -0.39 is 11.6 Å². The third-order valence-electron chi connectivity index (χ3n) is 4.10. The van der Waals surface area contributed by atoms with Gasteiger partial charge in [0.15, 0.2) is 5.82 Å². The first-order valence-electron chi connectivity index (χ1n) is 7.88. The number of aromatic amines is 2. The van der Waals surface area contributed by atoms with Crippen molar-refractivity contribution in [2.45, 2.75) is 25.8 Å². The first-order valence-corrected chi connectivity index (χ1v) is 7.88. The molecule has 9 heteroatoms. The Morgan fingerprint density at radius 1 is 1.40 bits per heavy atom. The molecule has 1 saturated heterocycles. The van der Waals surface area contributed by atoms with Crippen LogP contribution in [-0.2, 0) is 4.79 Å². The van der Waals surface area contributed by atoms with Crippen molar-refractivity contribution in [1.82, 2.24) is 20.3 Å². The molecule has 1 atom stereocenters. The highest BCUT2D eigenvalue weighted by molar-refractivity contribution is 6.06. The molecule has 0 unspecified atom stereocenters. The monoisotopic (exact) mass is 342 g/mol. The van der Waals surface area contributed by atoms with Gasteiger partial charge in [0.1, 0.15) is 5.52 Å². The number of primary amides is 1. The maximum absolute atomic E-state index is 11.7. The second-order valence-corrected chi connectivity index (χ2v) is 5.82. The van der Waals surface area contributed by atoms with Gasteiger partial charge in [-0.3, -0.25) is 9.59 Å². The number of piperidine rings is 1. The Kier molecular flexibility index (Phi) is 4.43. The van der Waals surface area contributed by atoms with Crippen LogP contribution in [-0.4, -0.2) is 45.9 Å². The number of fused-ring (bicyclic) bond motifs is 1. The Bertz CT molecular complexity index is 948. The number of imidazole rings is 1. The summed E-state index contributed by atoms with van der Waals surface area (Å²) in [6, 6.07) is -0.0690. The second-order valence-electron chi connectivity index (χ2n) is 5.82. The van der Waals surface area contributed by atoms with Crippen molar-refractivity contribution in [3.8, 4) is 11.8 Å². The zero-order chi connectivity index (χ0) is 18.0. The lowest BCUT2D eigenvalue weighted by atomic mass is 10.1. The van der Waals surface area contributed by atoms with Crippen LogP contribution >= 0.6 is 0 Å². The van der Waals surface area contributed by atoms with Gasteiger partial charge in [-0.05, 0) is 25.7 Å². The smallest absolute Gasteiger partial charge is 0.323 e. The molecule has 1 fully saturated rings. The number of pyridine rings is 1. The van der Waals surface area contributed by atoms with Gasteiger partial charge in [-0.2, -0.15) is 0 Å². The summed E-state index contributed by atoms with van der Waals surface area (Å²) in [5.74, 6) is 4.59. The van der Waals surface area contributed by atoms with Crippen LogP contribution in [0.3, 0.4) is 0 Å². The van der Waals surface area contributed by atoms with Crippen LogP contribution in [0.1, 0.15) is 30.1 Å². The summed E-state index contributed by atoms with van der Waals surface area (Å²) in [5.41, 5.74) is 5.82. The van der Waals surface area contributed by atoms with E-state index in [9.17, 15) is 14.4 Å². The van der Waals surface area contributed by atoms with Crippen molar-refractivity contribution in [3.05, 3.63) is 22.2 Å². The van der Waals surface area contributed by atoms with E-state index in [1.807, 2.05) is 4.90 Å². The van der Waals surface area contributed by atoms with E-state index in [1.54, 1.807) is 6.92 Å². The maximum Gasteiger partial charge on any atom is 0.323 e. The molecule has 0 spiro atoms. The van der Waals surface area contributed by atoms with E-state index in [-0.39, 0.29) is 17.5 Å². The topological polar surface area (TPSA) is 137 Å². The molecule has 130 valence electrons. The lowest BCUT2D eigenvalue weighted by Gasteiger charge is -2.33. The van der Waals surface area contributed by atoms with Crippen LogP contribution in [0.25, 0.3) is 11.0 Å². The van der Waals surface area contributed by atoms with Gasteiger partial charge in [-0.1, -0.05) is 5.92 Å². The molecular formula is C16H18N6O3. The normalized spacial score (nSPS) is 17.0. The van der Waals surface area contributed by atoms with Gasteiger partial charge in [-0.15, -0.1) is 0 Å². The number of nitrogens with zero attached hydrogens (tertiary/aromatic N) is 2. The molecule has 3 heterocycles. The van der Waals surface area contributed by atoms with Crippen LogP contribution < -0.4 is 21.6 Å². The van der Waals surface area contributed by atoms with E-state index in [0.29, 0.717) is 23.4 Å².